The van der Waals surface area contributed by atoms with Gasteiger partial charge in [-0.05, 0) is 51.3 Å². The molecule has 1 unspecified atom stereocenters. The third kappa shape index (κ3) is 3.65. The quantitative estimate of drug-likeness (QED) is 0.827. The summed E-state index contributed by atoms with van der Waals surface area (Å²) >= 11 is 0. The Balaban J connectivity index is 1.46. The van der Waals surface area contributed by atoms with Crippen molar-refractivity contribution < 1.29 is 4.79 Å². The molecular weight excluding hydrogens is 340 g/mol. The van der Waals surface area contributed by atoms with E-state index in [0.29, 0.717) is 0 Å². The predicted molar refractivity (Wildman–Crippen MR) is 103 cm³/mol. The van der Waals surface area contributed by atoms with Gasteiger partial charge in [0.15, 0.2) is 0 Å². The van der Waals surface area contributed by atoms with Gasteiger partial charge < -0.3 is 4.90 Å². The molecule has 146 valence electrons. The van der Waals surface area contributed by atoms with Crippen LogP contribution < -0.4 is 0 Å². The first-order valence-electron chi connectivity index (χ1n) is 10.1. The molecule has 0 radical (unpaired) electrons. The van der Waals surface area contributed by atoms with Gasteiger partial charge in [0.1, 0.15) is 5.69 Å². The number of aromatic nitrogens is 4. The molecule has 0 N–H and O–H groups in total. The highest BCUT2D eigenvalue weighted by Gasteiger charge is 2.41. The molecule has 1 amide bonds. The lowest BCUT2D eigenvalue weighted by Gasteiger charge is -2.48. The van der Waals surface area contributed by atoms with Crippen LogP contribution in [0.4, 0.5) is 0 Å². The summed E-state index contributed by atoms with van der Waals surface area (Å²) in [6.45, 7) is 7.61. The fraction of sp³-hybridized carbons (Fsp3) is 0.650. The molecule has 7 heteroatoms. The number of hydrogen-bond donors (Lipinski definition) is 0. The largest absolute Gasteiger partial charge is 0.337 e. The van der Waals surface area contributed by atoms with E-state index in [4.69, 9.17) is 0 Å². The molecule has 2 aliphatic rings. The molecule has 2 saturated heterocycles. The molecule has 2 fully saturated rings. The number of carbonyl (C=O) groups is 1. The third-order valence-electron chi connectivity index (χ3n) is 6.23. The minimum Gasteiger partial charge on any atom is -0.337 e. The molecule has 27 heavy (non-hydrogen) atoms. The third-order valence-corrected chi connectivity index (χ3v) is 6.23. The van der Waals surface area contributed by atoms with Gasteiger partial charge in [-0.1, -0.05) is 0 Å². The van der Waals surface area contributed by atoms with Crippen molar-refractivity contribution >= 4 is 5.91 Å². The lowest BCUT2D eigenvalue weighted by Crippen LogP contribution is -2.53. The number of carbonyl (C=O) groups excluding carboxylic acids is 1. The van der Waals surface area contributed by atoms with E-state index in [0.717, 1.165) is 51.4 Å². The molecule has 1 atom stereocenters. The van der Waals surface area contributed by atoms with Crippen molar-refractivity contribution in [3.63, 3.8) is 0 Å². The second-order valence-electron chi connectivity index (χ2n) is 8.12. The van der Waals surface area contributed by atoms with Gasteiger partial charge >= 0.3 is 0 Å². The first kappa shape index (κ1) is 18.2. The molecule has 0 aliphatic carbocycles. The van der Waals surface area contributed by atoms with Gasteiger partial charge in [0.2, 0.25) is 0 Å². The summed E-state index contributed by atoms with van der Waals surface area (Å²) in [5.74, 6) is 0.136. The van der Waals surface area contributed by atoms with Gasteiger partial charge in [0.25, 0.3) is 5.91 Å². The minimum absolute atomic E-state index is 0.136. The summed E-state index contributed by atoms with van der Waals surface area (Å²) in [5.41, 5.74) is 2.20. The normalized spacial score (nSPS) is 23.9. The van der Waals surface area contributed by atoms with Crippen LogP contribution in [-0.2, 0) is 20.1 Å². The number of amides is 1. The molecule has 0 aromatic carbocycles. The van der Waals surface area contributed by atoms with Gasteiger partial charge in [-0.15, -0.1) is 0 Å². The molecule has 2 aromatic heterocycles. The van der Waals surface area contributed by atoms with Crippen molar-refractivity contribution in [2.45, 2.75) is 45.7 Å². The Morgan fingerprint density at radius 3 is 2.63 bits per heavy atom. The molecule has 7 nitrogen and oxygen atoms in total. The average molecular weight is 371 g/mol. The highest BCUT2D eigenvalue weighted by Crippen LogP contribution is 2.39. The Labute approximate surface area is 160 Å². The number of hydrogen-bond acceptors (Lipinski definition) is 4. The highest BCUT2D eigenvalue weighted by atomic mass is 16.2. The second kappa shape index (κ2) is 7.46. The topological polar surface area (TPSA) is 59.2 Å². The number of rotatable bonds is 4. The van der Waals surface area contributed by atoms with E-state index in [1.165, 1.54) is 25.0 Å². The summed E-state index contributed by atoms with van der Waals surface area (Å²) in [6.07, 6.45) is 8.31. The molecular formula is C20H30N6O. The summed E-state index contributed by atoms with van der Waals surface area (Å²) in [5, 5.41) is 8.56. The van der Waals surface area contributed by atoms with Crippen LogP contribution in [0.3, 0.4) is 0 Å². The molecule has 2 aromatic rings. The fourth-order valence-electron chi connectivity index (χ4n) is 4.87. The number of likely N-dealkylation sites (tertiary alicyclic amines) is 2. The maximum Gasteiger partial charge on any atom is 0.272 e. The van der Waals surface area contributed by atoms with Gasteiger partial charge in [0.05, 0.1) is 5.69 Å². The smallest absolute Gasteiger partial charge is 0.272 e. The SMILES string of the molecule is CCn1nccc1C(=O)N1CCCC2(CCCN(Cc3ccnn3C)C2)C1. The predicted octanol–water partition coefficient (Wildman–Crippen LogP) is 2.15. The van der Waals surface area contributed by atoms with Gasteiger partial charge in [-0.25, -0.2) is 0 Å². The maximum atomic E-state index is 13.1. The van der Waals surface area contributed by atoms with E-state index in [9.17, 15) is 4.79 Å². The Kier molecular flexibility index (Phi) is 5.04. The van der Waals surface area contributed by atoms with Crippen molar-refractivity contribution in [2.75, 3.05) is 26.2 Å². The van der Waals surface area contributed by atoms with E-state index >= 15 is 0 Å². The van der Waals surface area contributed by atoms with Crippen LogP contribution in [0.2, 0.25) is 0 Å². The summed E-state index contributed by atoms with van der Waals surface area (Å²) in [6, 6.07) is 3.95. The van der Waals surface area contributed by atoms with E-state index in [-0.39, 0.29) is 11.3 Å². The fourth-order valence-corrected chi connectivity index (χ4v) is 4.87. The molecule has 0 saturated carbocycles. The first-order chi connectivity index (χ1) is 13.1. The lowest BCUT2D eigenvalue weighted by molar-refractivity contribution is 0.0102. The van der Waals surface area contributed by atoms with E-state index in [2.05, 4.69) is 26.1 Å². The van der Waals surface area contributed by atoms with Crippen LogP contribution in [0, 0.1) is 5.41 Å². The zero-order chi connectivity index (χ0) is 18.9. The van der Waals surface area contributed by atoms with Crippen LogP contribution in [0.25, 0.3) is 0 Å². The Bertz CT molecular complexity index is 792. The van der Waals surface area contributed by atoms with E-state index in [1.807, 2.05) is 30.9 Å². The van der Waals surface area contributed by atoms with E-state index in [1.54, 1.807) is 10.9 Å². The molecule has 4 heterocycles. The zero-order valence-electron chi connectivity index (χ0n) is 16.5. The summed E-state index contributed by atoms with van der Waals surface area (Å²) in [7, 11) is 2.01. The van der Waals surface area contributed by atoms with Crippen molar-refractivity contribution in [3.8, 4) is 0 Å². The number of aryl methyl sites for hydroxylation is 2. The molecule has 4 rings (SSSR count). The number of nitrogens with zero attached hydrogens (tertiary/aromatic N) is 6. The van der Waals surface area contributed by atoms with Crippen LogP contribution >= 0.6 is 0 Å². The summed E-state index contributed by atoms with van der Waals surface area (Å²) in [4.78, 5) is 17.7. The average Bonchev–Trinajstić information content (AvgIpc) is 3.30. The van der Waals surface area contributed by atoms with E-state index < -0.39 is 0 Å². The van der Waals surface area contributed by atoms with Crippen LogP contribution in [-0.4, -0.2) is 61.4 Å². The van der Waals surface area contributed by atoms with Crippen LogP contribution in [0.5, 0.6) is 0 Å². The van der Waals surface area contributed by atoms with Crippen molar-refractivity contribution in [1.29, 1.82) is 0 Å². The Morgan fingerprint density at radius 1 is 1.11 bits per heavy atom. The first-order valence-corrected chi connectivity index (χ1v) is 10.1. The molecule has 0 bridgehead atoms. The second-order valence-corrected chi connectivity index (χ2v) is 8.12. The number of piperidine rings is 2. The lowest BCUT2D eigenvalue weighted by atomic mass is 9.73. The van der Waals surface area contributed by atoms with Crippen molar-refractivity contribution in [2.24, 2.45) is 12.5 Å². The highest BCUT2D eigenvalue weighted by molar-refractivity contribution is 5.92. The zero-order valence-corrected chi connectivity index (χ0v) is 16.5. The Morgan fingerprint density at radius 2 is 1.89 bits per heavy atom. The van der Waals surface area contributed by atoms with Crippen molar-refractivity contribution in [3.05, 3.63) is 35.9 Å². The van der Waals surface area contributed by atoms with Crippen molar-refractivity contribution in [1.82, 2.24) is 29.4 Å². The Hall–Kier alpha value is -2.15. The van der Waals surface area contributed by atoms with Crippen LogP contribution in [0.15, 0.2) is 24.5 Å². The maximum absolute atomic E-state index is 13.1. The molecule has 2 aliphatic heterocycles. The van der Waals surface area contributed by atoms with Gasteiger partial charge in [-0.2, -0.15) is 10.2 Å². The molecule has 1 spiro atoms. The summed E-state index contributed by atoms with van der Waals surface area (Å²) < 4.78 is 3.77. The van der Waals surface area contributed by atoms with Crippen LogP contribution in [0.1, 0.15) is 48.8 Å². The minimum atomic E-state index is 0.136. The van der Waals surface area contributed by atoms with Gasteiger partial charge in [-0.3, -0.25) is 19.1 Å². The monoisotopic (exact) mass is 370 g/mol. The standard InChI is InChI=1S/C20H30N6O/c1-3-26-18(7-11-22-26)19(27)25-13-5-9-20(16-25)8-4-12-24(15-20)14-17-6-10-21-23(17)2/h6-7,10-11H,3-5,8-9,12-16H2,1-2H3. The van der Waals surface area contributed by atoms with Gasteiger partial charge in [0, 0.05) is 57.6 Å².